The van der Waals surface area contributed by atoms with Crippen LogP contribution >= 0.6 is 0 Å². The number of amides is 1. The Labute approximate surface area is 130 Å². The molecule has 1 N–H and O–H groups in total. The Kier molecular flexibility index (Phi) is 5.70. The molecular weight excluding hydrogens is 260 g/mol. The van der Waals surface area contributed by atoms with E-state index in [-0.39, 0.29) is 12.2 Å². The largest absolute Gasteiger partial charge is 0.323 e. The minimum absolute atomic E-state index is 0.0800. The highest BCUT2D eigenvalue weighted by molar-refractivity contribution is 5.84. The van der Waals surface area contributed by atoms with Gasteiger partial charge in [-0.2, -0.15) is 0 Å². The van der Waals surface area contributed by atoms with Crippen molar-refractivity contribution in [2.24, 2.45) is 5.41 Å². The smallest absolute Gasteiger partial charge is 0.241 e. The van der Waals surface area contributed by atoms with Crippen molar-refractivity contribution in [1.82, 2.24) is 10.2 Å². The molecule has 0 aromatic heterocycles. The third-order valence-corrected chi connectivity index (χ3v) is 5.39. The molecule has 2 aliphatic rings. The van der Waals surface area contributed by atoms with Crippen molar-refractivity contribution >= 4 is 5.91 Å². The Hall–Kier alpha value is -0.570. The fourth-order valence-corrected chi connectivity index (χ4v) is 3.92. The Morgan fingerprint density at radius 3 is 2.38 bits per heavy atom. The summed E-state index contributed by atoms with van der Waals surface area (Å²) in [7, 11) is 0. The van der Waals surface area contributed by atoms with E-state index in [2.05, 4.69) is 37.9 Å². The van der Waals surface area contributed by atoms with E-state index in [0.29, 0.717) is 17.4 Å². The van der Waals surface area contributed by atoms with E-state index in [0.717, 1.165) is 25.7 Å². The first-order valence-corrected chi connectivity index (χ1v) is 9.06. The maximum absolute atomic E-state index is 12.8. The maximum atomic E-state index is 12.8. The van der Waals surface area contributed by atoms with Crippen LogP contribution in [0.25, 0.3) is 0 Å². The zero-order chi connectivity index (χ0) is 15.5. The van der Waals surface area contributed by atoms with Crippen LogP contribution in [-0.2, 0) is 4.79 Å². The van der Waals surface area contributed by atoms with Crippen LogP contribution in [0, 0.1) is 5.41 Å². The van der Waals surface area contributed by atoms with Crippen molar-refractivity contribution < 1.29 is 4.79 Å². The molecule has 0 radical (unpaired) electrons. The second-order valence-corrected chi connectivity index (χ2v) is 7.81. The third kappa shape index (κ3) is 4.00. The summed E-state index contributed by atoms with van der Waals surface area (Å²) in [4.78, 5) is 15.1. The second kappa shape index (κ2) is 7.13. The van der Waals surface area contributed by atoms with Crippen molar-refractivity contribution in [3.05, 3.63) is 0 Å². The topological polar surface area (TPSA) is 32.3 Å². The average Bonchev–Trinajstić information content (AvgIpc) is 2.74. The van der Waals surface area contributed by atoms with Crippen LogP contribution < -0.4 is 5.32 Å². The zero-order valence-corrected chi connectivity index (χ0v) is 14.5. The van der Waals surface area contributed by atoms with Gasteiger partial charge in [0.25, 0.3) is 0 Å². The van der Waals surface area contributed by atoms with E-state index in [1.165, 1.54) is 32.1 Å². The van der Waals surface area contributed by atoms with Crippen molar-refractivity contribution in [1.29, 1.82) is 0 Å². The summed E-state index contributed by atoms with van der Waals surface area (Å²) < 4.78 is 0. The predicted octanol–water partition coefficient (Wildman–Crippen LogP) is 4.07. The second-order valence-electron chi connectivity index (χ2n) is 7.81. The summed E-state index contributed by atoms with van der Waals surface area (Å²) in [5.41, 5.74) is 0.467. The molecule has 1 aliphatic heterocycles. The normalized spacial score (nSPS) is 30.1. The van der Waals surface area contributed by atoms with E-state index in [9.17, 15) is 4.79 Å². The molecule has 0 bridgehead atoms. The number of nitrogens with zero attached hydrogens (tertiary/aromatic N) is 1. The first-order chi connectivity index (χ1) is 9.98. The molecule has 2 unspecified atom stereocenters. The summed E-state index contributed by atoms with van der Waals surface area (Å²) in [6.45, 7) is 9.14. The van der Waals surface area contributed by atoms with Gasteiger partial charge in [-0.3, -0.25) is 10.1 Å². The van der Waals surface area contributed by atoms with Gasteiger partial charge in [-0.15, -0.1) is 0 Å². The Balaban J connectivity index is 2.02. The van der Waals surface area contributed by atoms with E-state index >= 15 is 0 Å². The standard InChI is InChI=1S/C18H34N2O/c1-5-7-9-15-17(21)20(16(19-15)8-6-2)14-10-12-18(3,4)13-11-14/h14-16,19H,5-13H2,1-4H3. The third-order valence-electron chi connectivity index (χ3n) is 5.39. The van der Waals surface area contributed by atoms with Gasteiger partial charge in [0.05, 0.1) is 12.2 Å². The molecule has 1 heterocycles. The van der Waals surface area contributed by atoms with Crippen LogP contribution in [0.2, 0.25) is 0 Å². The van der Waals surface area contributed by atoms with Gasteiger partial charge in [0.1, 0.15) is 0 Å². The molecule has 2 atom stereocenters. The number of carbonyl (C=O) groups is 1. The molecule has 3 heteroatoms. The SMILES string of the molecule is CCCCC1NC(CCC)N(C2CCC(C)(C)CC2)C1=O. The lowest BCUT2D eigenvalue weighted by atomic mass is 9.75. The van der Waals surface area contributed by atoms with Crippen LogP contribution in [0.3, 0.4) is 0 Å². The van der Waals surface area contributed by atoms with Crippen molar-refractivity contribution in [3.8, 4) is 0 Å². The van der Waals surface area contributed by atoms with Crippen LogP contribution in [0.4, 0.5) is 0 Å². The molecule has 1 aliphatic carbocycles. The first kappa shape index (κ1) is 16.8. The van der Waals surface area contributed by atoms with Crippen LogP contribution in [0.15, 0.2) is 0 Å². The molecule has 21 heavy (non-hydrogen) atoms. The number of rotatable bonds is 6. The maximum Gasteiger partial charge on any atom is 0.241 e. The van der Waals surface area contributed by atoms with Gasteiger partial charge in [-0.05, 0) is 43.9 Å². The summed E-state index contributed by atoms with van der Waals surface area (Å²) in [6, 6.07) is 0.553. The molecule has 1 saturated heterocycles. The van der Waals surface area contributed by atoms with Crippen LogP contribution in [0.1, 0.15) is 85.5 Å². The minimum atomic E-state index is 0.0800. The molecule has 0 aromatic rings. The fourth-order valence-electron chi connectivity index (χ4n) is 3.92. The molecule has 3 nitrogen and oxygen atoms in total. The van der Waals surface area contributed by atoms with E-state index in [1.807, 2.05) is 0 Å². The van der Waals surface area contributed by atoms with Gasteiger partial charge < -0.3 is 4.90 Å². The van der Waals surface area contributed by atoms with Gasteiger partial charge in [-0.25, -0.2) is 0 Å². The lowest BCUT2D eigenvalue weighted by molar-refractivity contribution is -0.133. The number of nitrogens with one attached hydrogen (secondary N) is 1. The minimum Gasteiger partial charge on any atom is -0.323 e. The Morgan fingerprint density at radius 2 is 1.81 bits per heavy atom. The highest BCUT2D eigenvalue weighted by Gasteiger charge is 2.43. The molecule has 2 fully saturated rings. The first-order valence-electron chi connectivity index (χ1n) is 9.06. The number of carbonyl (C=O) groups excluding carboxylic acids is 1. The summed E-state index contributed by atoms with van der Waals surface area (Å²) in [6.07, 6.45) is 10.7. The Morgan fingerprint density at radius 1 is 1.14 bits per heavy atom. The lowest BCUT2D eigenvalue weighted by Gasteiger charge is -2.40. The molecule has 122 valence electrons. The number of hydrogen-bond donors (Lipinski definition) is 1. The number of unbranched alkanes of at least 4 members (excludes halogenated alkanes) is 1. The van der Waals surface area contributed by atoms with E-state index in [1.54, 1.807) is 0 Å². The van der Waals surface area contributed by atoms with Gasteiger partial charge in [0.2, 0.25) is 5.91 Å². The highest BCUT2D eigenvalue weighted by Crippen LogP contribution is 2.38. The van der Waals surface area contributed by atoms with Crippen LogP contribution in [-0.4, -0.2) is 29.1 Å². The van der Waals surface area contributed by atoms with Gasteiger partial charge in [0.15, 0.2) is 0 Å². The van der Waals surface area contributed by atoms with Crippen LogP contribution in [0.5, 0.6) is 0 Å². The molecule has 1 saturated carbocycles. The highest BCUT2D eigenvalue weighted by atomic mass is 16.2. The van der Waals surface area contributed by atoms with Crippen molar-refractivity contribution in [3.63, 3.8) is 0 Å². The quantitative estimate of drug-likeness (QED) is 0.801. The zero-order valence-electron chi connectivity index (χ0n) is 14.5. The fraction of sp³-hybridized carbons (Fsp3) is 0.944. The molecule has 0 aromatic carbocycles. The molecular formula is C18H34N2O. The molecule has 1 amide bonds. The Bertz CT molecular complexity index is 343. The van der Waals surface area contributed by atoms with Crippen molar-refractivity contribution in [2.45, 2.75) is 104 Å². The number of hydrogen-bond acceptors (Lipinski definition) is 2. The predicted molar refractivity (Wildman–Crippen MR) is 88.0 cm³/mol. The van der Waals surface area contributed by atoms with E-state index in [4.69, 9.17) is 0 Å². The summed E-state index contributed by atoms with van der Waals surface area (Å²) in [5, 5.41) is 3.62. The summed E-state index contributed by atoms with van der Waals surface area (Å²) >= 11 is 0. The van der Waals surface area contributed by atoms with Gasteiger partial charge >= 0.3 is 0 Å². The monoisotopic (exact) mass is 294 g/mol. The van der Waals surface area contributed by atoms with Gasteiger partial charge in [-0.1, -0.05) is 47.0 Å². The van der Waals surface area contributed by atoms with E-state index < -0.39 is 0 Å². The van der Waals surface area contributed by atoms with Gasteiger partial charge in [0, 0.05) is 6.04 Å². The average molecular weight is 294 g/mol. The lowest BCUT2D eigenvalue weighted by Crippen LogP contribution is -2.46. The van der Waals surface area contributed by atoms with Crippen molar-refractivity contribution in [2.75, 3.05) is 0 Å². The summed E-state index contributed by atoms with van der Waals surface area (Å²) in [5.74, 6) is 0.381. The molecule has 2 rings (SSSR count). The molecule has 0 spiro atoms.